The Hall–Kier alpha value is -2.26. The van der Waals surface area contributed by atoms with Crippen molar-refractivity contribution in [1.29, 1.82) is 0 Å². The Morgan fingerprint density at radius 1 is 1.30 bits per heavy atom. The maximum atomic E-state index is 14.3. The Bertz CT molecular complexity index is 677. The molecule has 2 aromatic rings. The first-order valence-electron chi connectivity index (χ1n) is 6.33. The topological polar surface area (TPSA) is 43.1 Å². The summed E-state index contributed by atoms with van der Waals surface area (Å²) in [4.78, 5) is 11.7. The van der Waals surface area contributed by atoms with Gasteiger partial charge in [0.2, 0.25) is 0 Å². The highest BCUT2D eigenvalue weighted by molar-refractivity contribution is 5.99. The molecule has 0 atom stereocenters. The van der Waals surface area contributed by atoms with E-state index in [-0.39, 0.29) is 18.1 Å². The van der Waals surface area contributed by atoms with Gasteiger partial charge in [-0.05, 0) is 29.7 Å². The Balaban J connectivity index is 2.67. The van der Waals surface area contributed by atoms with Crippen molar-refractivity contribution in [3.05, 3.63) is 65.5 Å². The highest BCUT2D eigenvalue weighted by Gasteiger charge is 2.13. The van der Waals surface area contributed by atoms with Gasteiger partial charge in [-0.25, -0.2) is 4.39 Å². The van der Waals surface area contributed by atoms with Crippen LogP contribution in [-0.2, 0) is 0 Å². The molecule has 0 heterocycles. The van der Waals surface area contributed by atoms with Gasteiger partial charge in [0.15, 0.2) is 5.78 Å². The number of rotatable bonds is 4. The van der Waals surface area contributed by atoms with Crippen LogP contribution in [0.1, 0.15) is 21.5 Å². The predicted molar refractivity (Wildman–Crippen MR) is 80.0 cm³/mol. The summed E-state index contributed by atoms with van der Waals surface area (Å²) in [6, 6.07) is 10.3. The number of hydrogen-bond donors (Lipinski definition) is 1. The van der Waals surface area contributed by atoms with Gasteiger partial charge in [-0.1, -0.05) is 43.0 Å². The maximum absolute atomic E-state index is 14.3. The number of carbonyl (C=O) groups excluding carboxylic acids is 1. The average Bonchev–Trinajstić information content (AvgIpc) is 2.48. The number of benzene rings is 2. The normalized spacial score (nSPS) is 10.3. The Kier molecular flexibility index (Phi) is 4.11. The second-order valence-electron chi connectivity index (χ2n) is 4.57. The first-order valence-corrected chi connectivity index (χ1v) is 6.33. The van der Waals surface area contributed by atoms with Crippen LogP contribution >= 0.6 is 0 Å². The van der Waals surface area contributed by atoms with Crippen LogP contribution in [0.5, 0.6) is 0 Å². The quantitative estimate of drug-likeness (QED) is 0.862. The van der Waals surface area contributed by atoms with Crippen LogP contribution in [0.25, 0.3) is 17.2 Å². The number of aryl methyl sites for hydroxylation is 1. The molecule has 2 N–H and O–H groups in total. The van der Waals surface area contributed by atoms with E-state index in [0.29, 0.717) is 22.3 Å². The highest BCUT2D eigenvalue weighted by Crippen LogP contribution is 2.29. The fourth-order valence-corrected chi connectivity index (χ4v) is 2.11. The molecule has 2 aromatic carbocycles. The van der Waals surface area contributed by atoms with Crippen molar-refractivity contribution in [1.82, 2.24) is 0 Å². The highest BCUT2D eigenvalue weighted by atomic mass is 19.1. The van der Waals surface area contributed by atoms with Gasteiger partial charge in [0.05, 0.1) is 6.54 Å². The molecule has 0 aliphatic carbocycles. The smallest absolute Gasteiger partial charge is 0.176 e. The van der Waals surface area contributed by atoms with E-state index in [4.69, 9.17) is 5.73 Å². The van der Waals surface area contributed by atoms with Crippen molar-refractivity contribution in [3.8, 4) is 11.1 Å². The van der Waals surface area contributed by atoms with Crippen molar-refractivity contribution in [2.45, 2.75) is 6.92 Å². The largest absolute Gasteiger partial charge is 0.324 e. The summed E-state index contributed by atoms with van der Waals surface area (Å²) < 4.78 is 14.3. The number of halogens is 1. The monoisotopic (exact) mass is 269 g/mol. The Morgan fingerprint density at radius 3 is 2.70 bits per heavy atom. The van der Waals surface area contributed by atoms with Crippen LogP contribution in [0.2, 0.25) is 0 Å². The molecular weight excluding hydrogens is 253 g/mol. The molecule has 0 aromatic heterocycles. The van der Waals surface area contributed by atoms with E-state index >= 15 is 0 Å². The van der Waals surface area contributed by atoms with Gasteiger partial charge in [0.1, 0.15) is 5.82 Å². The number of nitrogens with two attached hydrogens (primary N) is 1. The van der Waals surface area contributed by atoms with E-state index in [1.165, 1.54) is 0 Å². The molecule has 3 heteroatoms. The van der Waals surface area contributed by atoms with E-state index in [9.17, 15) is 9.18 Å². The average molecular weight is 269 g/mol. The van der Waals surface area contributed by atoms with Crippen molar-refractivity contribution in [2.24, 2.45) is 5.73 Å². The molecule has 2 nitrogen and oxygen atoms in total. The number of carbonyl (C=O) groups is 1. The van der Waals surface area contributed by atoms with Crippen LogP contribution in [0.4, 0.5) is 4.39 Å². The lowest BCUT2D eigenvalue weighted by molar-refractivity contribution is 0.100. The van der Waals surface area contributed by atoms with Gasteiger partial charge in [-0.2, -0.15) is 0 Å². The van der Waals surface area contributed by atoms with Gasteiger partial charge >= 0.3 is 0 Å². The Morgan fingerprint density at radius 2 is 2.05 bits per heavy atom. The lowest BCUT2D eigenvalue weighted by atomic mass is 9.94. The van der Waals surface area contributed by atoms with Crippen LogP contribution in [0.3, 0.4) is 0 Å². The van der Waals surface area contributed by atoms with Crippen LogP contribution in [0.15, 0.2) is 43.0 Å². The SMILES string of the molecule is C=Cc1ccc(C(=O)CN)cc1-c1cccc(C)c1F. The third-order valence-corrected chi connectivity index (χ3v) is 3.26. The molecule has 0 fully saturated rings. The summed E-state index contributed by atoms with van der Waals surface area (Å²) in [7, 11) is 0. The lowest BCUT2D eigenvalue weighted by Crippen LogP contribution is -2.13. The Labute approximate surface area is 117 Å². The third kappa shape index (κ3) is 2.53. The zero-order chi connectivity index (χ0) is 14.7. The number of hydrogen-bond acceptors (Lipinski definition) is 2. The molecule has 0 amide bonds. The molecule has 0 aliphatic heterocycles. The summed E-state index contributed by atoms with van der Waals surface area (Å²) in [5.74, 6) is -0.456. The summed E-state index contributed by atoms with van der Waals surface area (Å²) in [6.07, 6.45) is 1.65. The molecule has 20 heavy (non-hydrogen) atoms. The van der Waals surface area contributed by atoms with Crippen LogP contribution in [-0.4, -0.2) is 12.3 Å². The summed E-state index contributed by atoms with van der Waals surface area (Å²) in [5, 5.41) is 0. The van der Waals surface area contributed by atoms with E-state index < -0.39 is 0 Å². The molecule has 0 spiro atoms. The predicted octanol–water partition coefficient (Wildman–Crippen LogP) is 3.59. The minimum absolute atomic E-state index is 0.0663. The minimum atomic E-state index is -0.284. The fraction of sp³-hybridized carbons (Fsp3) is 0.118. The van der Waals surface area contributed by atoms with Gasteiger partial charge in [0, 0.05) is 11.1 Å². The summed E-state index contributed by atoms with van der Waals surface area (Å²) in [5.41, 5.74) is 8.32. The summed E-state index contributed by atoms with van der Waals surface area (Å²) in [6.45, 7) is 5.38. The standard InChI is InChI=1S/C17H16FNO/c1-3-12-7-8-13(16(20)10-19)9-15(12)14-6-4-5-11(2)17(14)18/h3-9H,1,10,19H2,2H3. The molecule has 2 rings (SSSR count). The van der Waals surface area contributed by atoms with Crippen molar-refractivity contribution in [2.75, 3.05) is 6.54 Å². The number of ketones is 1. The van der Waals surface area contributed by atoms with Crippen LogP contribution in [0, 0.1) is 12.7 Å². The molecule has 0 saturated heterocycles. The molecule has 0 bridgehead atoms. The molecule has 102 valence electrons. The van der Waals surface area contributed by atoms with Crippen molar-refractivity contribution < 1.29 is 9.18 Å². The molecule has 0 aliphatic rings. The van der Waals surface area contributed by atoms with Crippen molar-refractivity contribution in [3.63, 3.8) is 0 Å². The van der Waals surface area contributed by atoms with Gasteiger partial charge < -0.3 is 5.73 Å². The third-order valence-electron chi connectivity index (χ3n) is 3.26. The van der Waals surface area contributed by atoms with E-state index in [1.54, 1.807) is 49.4 Å². The molecular formula is C17H16FNO. The fourth-order valence-electron chi connectivity index (χ4n) is 2.11. The lowest BCUT2D eigenvalue weighted by Gasteiger charge is -2.11. The van der Waals surface area contributed by atoms with Gasteiger partial charge in [-0.15, -0.1) is 0 Å². The first-order chi connectivity index (χ1) is 9.58. The zero-order valence-electron chi connectivity index (χ0n) is 11.3. The summed E-state index contributed by atoms with van der Waals surface area (Å²) >= 11 is 0. The van der Waals surface area contributed by atoms with E-state index in [1.807, 2.05) is 0 Å². The van der Waals surface area contributed by atoms with E-state index in [0.717, 1.165) is 5.56 Å². The molecule has 0 unspecified atom stereocenters. The maximum Gasteiger partial charge on any atom is 0.176 e. The zero-order valence-corrected chi connectivity index (χ0v) is 11.3. The van der Waals surface area contributed by atoms with Gasteiger partial charge in [-0.3, -0.25) is 4.79 Å². The second kappa shape index (κ2) is 5.80. The number of Topliss-reactive ketones (excluding diaryl/α,β-unsaturated/α-hetero) is 1. The molecule has 0 radical (unpaired) electrons. The van der Waals surface area contributed by atoms with Crippen LogP contribution < -0.4 is 5.73 Å². The molecule has 0 saturated carbocycles. The minimum Gasteiger partial charge on any atom is -0.324 e. The van der Waals surface area contributed by atoms with Gasteiger partial charge in [0.25, 0.3) is 0 Å². The van der Waals surface area contributed by atoms with E-state index in [2.05, 4.69) is 6.58 Å². The van der Waals surface area contributed by atoms with Crippen molar-refractivity contribution >= 4 is 11.9 Å². The second-order valence-corrected chi connectivity index (χ2v) is 4.57. The first kappa shape index (κ1) is 14.2.